The number of benzene rings is 4. The molecule has 1 fully saturated rings. The highest BCUT2D eigenvalue weighted by atomic mass is 35.5. The van der Waals surface area contributed by atoms with Gasteiger partial charge in [0.1, 0.15) is 24.5 Å². The number of nitrogens with zero attached hydrogens (tertiary/aromatic N) is 1. The van der Waals surface area contributed by atoms with Gasteiger partial charge in [-0.1, -0.05) is 66.2 Å². The van der Waals surface area contributed by atoms with Crippen LogP contribution in [-0.4, -0.2) is 24.5 Å². The molecule has 0 saturated carbocycles. The third-order valence-electron chi connectivity index (χ3n) is 6.72. The first-order valence-electron chi connectivity index (χ1n) is 13.7. The van der Waals surface area contributed by atoms with Crippen molar-refractivity contribution in [3.05, 3.63) is 124 Å². The van der Waals surface area contributed by atoms with Crippen molar-refractivity contribution >= 4 is 41.2 Å². The van der Waals surface area contributed by atoms with Gasteiger partial charge in [0.05, 0.1) is 12.3 Å². The number of hydrogen-bond acceptors (Lipinski definition) is 6. The van der Waals surface area contributed by atoms with E-state index in [0.717, 1.165) is 16.0 Å². The number of barbiturate groups is 1. The van der Waals surface area contributed by atoms with Crippen molar-refractivity contribution in [2.75, 3.05) is 11.5 Å². The van der Waals surface area contributed by atoms with Crippen molar-refractivity contribution in [3.63, 3.8) is 0 Å². The molecule has 8 nitrogen and oxygen atoms in total. The number of rotatable bonds is 10. The number of imide groups is 2. The summed E-state index contributed by atoms with van der Waals surface area (Å²) < 4.78 is 17.7. The van der Waals surface area contributed by atoms with Crippen molar-refractivity contribution in [2.24, 2.45) is 0 Å². The number of urea groups is 1. The molecule has 0 aliphatic carbocycles. The molecule has 4 amide bonds. The second kappa shape index (κ2) is 13.3. The van der Waals surface area contributed by atoms with Crippen LogP contribution in [-0.2, 0) is 22.8 Å². The molecule has 1 saturated heterocycles. The van der Waals surface area contributed by atoms with Crippen molar-refractivity contribution < 1.29 is 28.6 Å². The molecule has 0 aromatic heterocycles. The fourth-order valence-corrected chi connectivity index (χ4v) is 4.64. The summed E-state index contributed by atoms with van der Waals surface area (Å²) in [4.78, 5) is 39.3. The summed E-state index contributed by atoms with van der Waals surface area (Å²) in [5, 5.41) is 2.63. The Morgan fingerprint density at radius 1 is 0.791 bits per heavy atom. The lowest BCUT2D eigenvalue weighted by atomic mass is 10.1. The lowest BCUT2D eigenvalue weighted by Gasteiger charge is -2.27. The average Bonchev–Trinajstić information content (AvgIpc) is 3.01. The van der Waals surface area contributed by atoms with Crippen molar-refractivity contribution in [1.29, 1.82) is 0 Å². The Morgan fingerprint density at radius 2 is 1.53 bits per heavy atom. The smallest absolute Gasteiger partial charge is 0.335 e. The zero-order chi connectivity index (χ0) is 30.3. The van der Waals surface area contributed by atoms with Crippen molar-refractivity contribution in [3.8, 4) is 17.2 Å². The second-order valence-corrected chi connectivity index (χ2v) is 10.1. The first kappa shape index (κ1) is 29.4. The van der Waals surface area contributed by atoms with Crippen LogP contribution >= 0.6 is 11.6 Å². The molecular formula is C34H29ClN2O6. The van der Waals surface area contributed by atoms with Crippen molar-refractivity contribution in [1.82, 2.24) is 5.32 Å². The molecule has 218 valence electrons. The van der Waals surface area contributed by atoms with Gasteiger partial charge in [-0.2, -0.15) is 0 Å². The molecule has 0 unspecified atom stereocenters. The normalized spacial score (nSPS) is 14.1. The summed E-state index contributed by atoms with van der Waals surface area (Å²) >= 11 is 6.19. The maximum absolute atomic E-state index is 13.2. The molecular weight excluding hydrogens is 568 g/mol. The average molecular weight is 597 g/mol. The van der Waals surface area contributed by atoms with E-state index in [1.165, 1.54) is 6.08 Å². The number of halogens is 1. The Kier molecular flexibility index (Phi) is 9.08. The van der Waals surface area contributed by atoms with Gasteiger partial charge >= 0.3 is 6.03 Å². The van der Waals surface area contributed by atoms with Gasteiger partial charge < -0.3 is 14.2 Å². The highest BCUT2D eigenvalue weighted by Crippen LogP contribution is 2.31. The van der Waals surface area contributed by atoms with E-state index in [4.69, 9.17) is 25.8 Å². The molecule has 43 heavy (non-hydrogen) atoms. The predicted octanol–water partition coefficient (Wildman–Crippen LogP) is 6.87. The minimum absolute atomic E-state index is 0.175. The summed E-state index contributed by atoms with van der Waals surface area (Å²) in [6.07, 6.45) is 1.43. The molecule has 0 bridgehead atoms. The number of anilines is 1. The van der Waals surface area contributed by atoms with E-state index in [1.807, 2.05) is 55.5 Å². The van der Waals surface area contributed by atoms with Crippen LogP contribution in [0.4, 0.5) is 10.5 Å². The number of carbonyl (C=O) groups excluding carboxylic acids is 3. The lowest BCUT2D eigenvalue weighted by molar-refractivity contribution is -0.122. The Hall–Kier alpha value is -5.08. The second-order valence-electron chi connectivity index (χ2n) is 9.69. The van der Waals surface area contributed by atoms with Crippen LogP contribution < -0.4 is 24.4 Å². The molecule has 4 aromatic carbocycles. The molecule has 1 aliphatic heterocycles. The van der Waals surface area contributed by atoms with Gasteiger partial charge in [0.2, 0.25) is 0 Å². The number of amides is 4. The topological polar surface area (TPSA) is 94.2 Å². The van der Waals surface area contributed by atoms with E-state index in [9.17, 15) is 14.4 Å². The quantitative estimate of drug-likeness (QED) is 0.159. The highest BCUT2D eigenvalue weighted by molar-refractivity contribution is 6.39. The monoisotopic (exact) mass is 596 g/mol. The van der Waals surface area contributed by atoms with Gasteiger partial charge in [0.15, 0.2) is 11.5 Å². The maximum atomic E-state index is 13.2. The van der Waals surface area contributed by atoms with Gasteiger partial charge in [0.25, 0.3) is 11.8 Å². The van der Waals surface area contributed by atoms with E-state index < -0.39 is 17.8 Å². The highest BCUT2D eigenvalue weighted by Gasteiger charge is 2.37. The number of carbonyl (C=O) groups is 3. The SMILES string of the molecule is CCOc1cc(COc2ccc(/C=C3/C(=O)NC(=O)N(c4cccc(Cl)c4C)C3=O)cc2)ccc1OCc1ccccc1. The van der Waals surface area contributed by atoms with E-state index in [1.54, 1.807) is 49.4 Å². The van der Waals surface area contributed by atoms with E-state index in [-0.39, 0.29) is 12.2 Å². The molecule has 1 aliphatic rings. The van der Waals surface area contributed by atoms with E-state index in [2.05, 4.69) is 5.32 Å². The van der Waals surface area contributed by atoms with Gasteiger partial charge in [-0.15, -0.1) is 0 Å². The third kappa shape index (κ3) is 6.88. The first-order chi connectivity index (χ1) is 20.8. The zero-order valence-corrected chi connectivity index (χ0v) is 24.4. The van der Waals surface area contributed by atoms with Crippen molar-refractivity contribution in [2.45, 2.75) is 27.1 Å². The van der Waals surface area contributed by atoms with E-state index in [0.29, 0.717) is 52.3 Å². The maximum Gasteiger partial charge on any atom is 0.335 e. The molecule has 9 heteroatoms. The number of hydrogen-bond donors (Lipinski definition) is 1. The van der Waals surface area contributed by atoms with Crippen LogP contribution in [0.5, 0.6) is 17.2 Å². The summed E-state index contributed by atoms with van der Waals surface area (Å²) in [5.41, 5.74) is 3.22. The summed E-state index contributed by atoms with van der Waals surface area (Å²) in [6, 6.07) is 26.6. The molecule has 1 heterocycles. The molecule has 1 N–H and O–H groups in total. The van der Waals surface area contributed by atoms with Crippen LogP contribution in [0, 0.1) is 6.92 Å². The minimum atomic E-state index is -0.829. The van der Waals surface area contributed by atoms with Gasteiger partial charge in [-0.05, 0) is 78.6 Å². The summed E-state index contributed by atoms with van der Waals surface area (Å²) in [6.45, 7) is 4.83. The van der Waals surface area contributed by atoms with Crippen LogP contribution in [0.1, 0.15) is 29.2 Å². The van der Waals surface area contributed by atoms with Crippen LogP contribution in [0.2, 0.25) is 5.02 Å². The Balaban J connectivity index is 1.26. The van der Waals surface area contributed by atoms with Crippen LogP contribution in [0.15, 0.2) is 96.6 Å². The predicted molar refractivity (Wildman–Crippen MR) is 164 cm³/mol. The Morgan fingerprint density at radius 3 is 2.28 bits per heavy atom. The molecule has 0 atom stereocenters. The first-order valence-corrected chi connectivity index (χ1v) is 14.0. The fraction of sp³-hybridized carbons (Fsp3) is 0.147. The molecule has 0 radical (unpaired) electrons. The fourth-order valence-electron chi connectivity index (χ4n) is 4.47. The molecule has 5 rings (SSSR count). The van der Waals surface area contributed by atoms with E-state index >= 15 is 0 Å². The molecule has 4 aromatic rings. The number of nitrogens with one attached hydrogen (secondary N) is 1. The Labute approximate surface area is 254 Å². The van der Waals surface area contributed by atoms with Crippen LogP contribution in [0.3, 0.4) is 0 Å². The third-order valence-corrected chi connectivity index (χ3v) is 7.13. The number of ether oxygens (including phenoxy) is 3. The molecule has 0 spiro atoms. The standard InChI is InChI=1S/C34H29ClN2O6/c1-3-41-31-19-25(14-17-30(31)43-20-24-8-5-4-6-9-24)21-42-26-15-12-23(13-16-26)18-27-32(38)36-34(40)37(33(27)39)29-11-7-10-28(35)22(29)2/h4-19H,3,20-21H2,1-2H3,(H,36,38,40)/b27-18-. The largest absolute Gasteiger partial charge is 0.490 e. The lowest BCUT2D eigenvalue weighted by Crippen LogP contribution is -2.54. The van der Waals surface area contributed by atoms with Gasteiger partial charge in [0, 0.05) is 5.02 Å². The van der Waals surface area contributed by atoms with Gasteiger partial charge in [-0.25, -0.2) is 9.69 Å². The van der Waals surface area contributed by atoms with Crippen LogP contribution in [0.25, 0.3) is 6.08 Å². The summed E-state index contributed by atoms with van der Waals surface area (Å²) in [5.74, 6) is 0.375. The summed E-state index contributed by atoms with van der Waals surface area (Å²) in [7, 11) is 0. The zero-order valence-electron chi connectivity index (χ0n) is 23.6. The van der Waals surface area contributed by atoms with Gasteiger partial charge in [-0.3, -0.25) is 14.9 Å². The Bertz CT molecular complexity index is 1690. The minimum Gasteiger partial charge on any atom is -0.490 e.